The maximum atomic E-state index is 6.06. The van der Waals surface area contributed by atoms with Gasteiger partial charge in [0, 0.05) is 6.07 Å². The fourth-order valence-electron chi connectivity index (χ4n) is 1.54. The van der Waals surface area contributed by atoms with Crippen LogP contribution in [-0.4, -0.2) is 6.61 Å². The first-order chi connectivity index (χ1) is 9.15. The van der Waals surface area contributed by atoms with Gasteiger partial charge in [-0.15, -0.1) is 0 Å². The summed E-state index contributed by atoms with van der Waals surface area (Å²) in [5.41, 5.74) is 0. The summed E-state index contributed by atoms with van der Waals surface area (Å²) in [6.07, 6.45) is 0. The summed E-state index contributed by atoms with van der Waals surface area (Å²) in [4.78, 5) is 0. The van der Waals surface area contributed by atoms with Crippen molar-refractivity contribution in [1.29, 1.82) is 0 Å². The van der Waals surface area contributed by atoms with Crippen molar-refractivity contribution in [3.05, 3.63) is 53.6 Å². The molecule has 0 aliphatic carbocycles. The highest BCUT2D eigenvalue weighted by atomic mass is 35.5. The normalized spacial score (nSPS) is 10.5. The summed E-state index contributed by atoms with van der Waals surface area (Å²) in [5.74, 6) is 2.66. The Morgan fingerprint density at radius 1 is 1.00 bits per heavy atom. The molecule has 0 unspecified atom stereocenters. The Labute approximate surface area is 118 Å². The van der Waals surface area contributed by atoms with Crippen LogP contribution in [0.25, 0.3) is 0 Å². The zero-order chi connectivity index (χ0) is 13.7. The van der Waals surface area contributed by atoms with Gasteiger partial charge in [0.1, 0.15) is 17.2 Å². The highest BCUT2D eigenvalue weighted by Crippen LogP contribution is 2.30. The van der Waals surface area contributed by atoms with Crippen LogP contribution in [0.1, 0.15) is 13.8 Å². The van der Waals surface area contributed by atoms with Crippen LogP contribution >= 0.6 is 11.6 Å². The molecule has 19 heavy (non-hydrogen) atoms. The molecule has 0 heterocycles. The van der Waals surface area contributed by atoms with Crippen LogP contribution in [0.4, 0.5) is 0 Å². The van der Waals surface area contributed by atoms with Crippen molar-refractivity contribution in [3.8, 4) is 17.2 Å². The van der Waals surface area contributed by atoms with Gasteiger partial charge in [0.25, 0.3) is 0 Å². The Balaban J connectivity index is 2.09. The number of benzene rings is 2. The lowest BCUT2D eigenvalue weighted by Crippen LogP contribution is -2.04. The molecule has 0 saturated heterocycles. The molecule has 0 bridgehead atoms. The van der Waals surface area contributed by atoms with E-state index in [1.165, 1.54) is 0 Å². The Hall–Kier alpha value is -1.67. The van der Waals surface area contributed by atoms with Crippen molar-refractivity contribution in [3.63, 3.8) is 0 Å². The molecule has 0 aliphatic rings. The van der Waals surface area contributed by atoms with E-state index in [0.29, 0.717) is 29.0 Å². The minimum Gasteiger partial charge on any atom is -0.493 e. The predicted octanol–water partition coefficient (Wildman–Crippen LogP) is 5.17. The van der Waals surface area contributed by atoms with Gasteiger partial charge in [-0.05, 0) is 30.2 Å². The molecule has 2 rings (SSSR count). The molecule has 0 fully saturated rings. The predicted molar refractivity (Wildman–Crippen MR) is 78.3 cm³/mol. The molecule has 0 N–H and O–H groups in total. The van der Waals surface area contributed by atoms with Crippen LogP contribution in [0.3, 0.4) is 0 Å². The first kappa shape index (κ1) is 13.8. The van der Waals surface area contributed by atoms with E-state index in [2.05, 4.69) is 13.8 Å². The number of rotatable bonds is 5. The molecule has 0 atom stereocenters. The summed E-state index contributed by atoms with van der Waals surface area (Å²) in [7, 11) is 0. The van der Waals surface area contributed by atoms with Gasteiger partial charge in [0.2, 0.25) is 0 Å². The highest BCUT2D eigenvalue weighted by molar-refractivity contribution is 6.32. The Kier molecular flexibility index (Phi) is 4.69. The van der Waals surface area contributed by atoms with Gasteiger partial charge < -0.3 is 9.47 Å². The number of para-hydroxylation sites is 1. The standard InChI is InChI=1S/C16H17ClO2/c1-12(2)11-18-13-6-5-7-14(10-13)19-16-9-4-3-8-15(16)17/h3-10,12H,11H2,1-2H3. The molecular formula is C16H17ClO2. The fourth-order valence-corrected chi connectivity index (χ4v) is 1.72. The second-order valence-corrected chi connectivity index (χ2v) is 5.12. The molecule has 3 heteroatoms. The lowest BCUT2D eigenvalue weighted by atomic mass is 10.2. The second-order valence-electron chi connectivity index (χ2n) is 4.71. The molecule has 0 amide bonds. The molecule has 2 aromatic rings. The van der Waals surface area contributed by atoms with E-state index < -0.39 is 0 Å². The molecular weight excluding hydrogens is 260 g/mol. The zero-order valence-corrected chi connectivity index (χ0v) is 11.9. The number of halogens is 1. The van der Waals surface area contributed by atoms with E-state index >= 15 is 0 Å². The number of hydrogen-bond acceptors (Lipinski definition) is 2. The van der Waals surface area contributed by atoms with E-state index in [1.54, 1.807) is 6.07 Å². The maximum absolute atomic E-state index is 6.06. The Bertz CT molecular complexity index is 538. The van der Waals surface area contributed by atoms with Gasteiger partial charge in [-0.3, -0.25) is 0 Å². The van der Waals surface area contributed by atoms with Crippen LogP contribution in [-0.2, 0) is 0 Å². The van der Waals surface area contributed by atoms with Gasteiger partial charge in [0.15, 0.2) is 0 Å². The lowest BCUT2D eigenvalue weighted by molar-refractivity contribution is 0.270. The van der Waals surface area contributed by atoms with Crippen molar-refractivity contribution in [1.82, 2.24) is 0 Å². The van der Waals surface area contributed by atoms with Crippen LogP contribution in [0.15, 0.2) is 48.5 Å². The van der Waals surface area contributed by atoms with E-state index in [-0.39, 0.29) is 0 Å². The Morgan fingerprint density at radius 2 is 1.74 bits per heavy atom. The fraction of sp³-hybridized carbons (Fsp3) is 0.250. The summed E-state index contributed by atoms with van der Waals surface area (Å²) >= 11 is 6.06. The van der Waals surface area contributed by atoms with Crippen LogP contribution < -0.4 is 9.47 Å². The molecule has 2 nitrogen and oxygen atoms in total. The first-order valence-electron chi connectivity index (χ1n) is 6.30. The van der Waals surface area contributed by atoms with Gasteiger partial charge in [0.05, 0.1) is 11.6 Å². The monoisotopic (exact) mass is 276 g/mol. The third kappa shape index (κ3) is 4.18. The quantitative estimate of drug-likeness (QED) is 0.750. The Morgan fingerprint density at radius 3 is 2.47 bits per heavy atom. The van der Waals surface area contributed by atoms with E-state index in [1.807, 2.05) is 42.5 Å². The average Bonchev–Trinajstić information content (AvgIpc) is 2.40. The lowest BCUT2D eigenvalue weighted by Gasteiger charge is -2.11. The molecule has 2 aromatic carbocycles. The van der Waals surface area contributed by atoms with E-state index in [4.69, 9.17) is 21.1 Å². The van der Waals surface area contributed by atoms with Gasteiger partial charge >= 0.3 is 0 Å². The minimum atomic E-state index is 0.494. The van der Waals surface area contributed by atoms with E-state index in [9.17, 15) is 0 Å². The van der Waals surface area contributed by atoms with Gasteiger partial charge in [-0.25, -0.2) is 0 Å². The van der Waals surface area contributed by atoms with Crippen LogP contribution in [0.2, 0.25) is 5.02 Å². The van der Waals surface area contributed by atoms with Crippen molar-refractivity contribution in [2.45, 2.75) is 13.8 Å². The average molecular weight is 277 g/mol. The zero-order valence-electron chi connectivity index (χ0n) is 11.1. The van der Waals surface area contributed by atoms with Crippen molar-refractivity contribution in [2.24, 2.45) is 5.92 Å². The summed E-state index contributed by atoms with van der Waals surface area (Å²) in [6, 6.07) is 15.0. The molecule has 0 saturated carbocycles. The van der Waals surface area contributed by atoms with Crippen molar-refractivity contribution >= 4 is 11.6 Å². The molecule has 0 spiro atoms. The number of hydrogen-bond donors (Lipinski definition) is 0. The van der Waals surface area contributed by atoms with Gasteiger partial charge in [-0.2, -0.15) is 0 Å². The molecule has 0 aliphatic heterocycles. The summed E-state index contributed by atoms with van der Waals surface area (Å²) in [6.45, 7) is 4.92. The molecule has 100 valence electrons. The van der Waals surface area contributed by atoms with Gasteiger partial charge in [-0.1, -0.05) is 43.6 Å². The van der Waals surface area contributed by atoms with Crippen LogP contribution in [0, 0.1) is 5.92 Å². The second kappa shape index (κ2) is 6.48. The smallest absolute Gasteiger partial charge is 0.146 e. The summed E-state index contributed by atoms with van der Waals surface area (Å²) in [5, 5.41) is 0.594. The topological polar surface area (TPSA) is 18.5 Å². The van der Waals surface area contributed by atoms with Crippen molar-refractivity contribution in [2.75, 3.05) is 6.61 Å². The molecule has 0 radical (unpaired) electrons. The van der Waals surface area contributed by atoms with E-state index in [0.717, 1.165) is 5.75 Å². The third-order valence-corrected chi connectivity index (χ3v) is 2.77. The maximum Gasteiger partial charge on any atom is 0.146 e. The van der Waals surface area contributed by atoms with Crippen LogP contribution in [0.5, 0.6) is 17.2 Å². The largest absolute Gasteiger partial charge is 0.493 e. The molecule has 0 aromatic heterocycles. The third-order valence-electron chi connectivity index (χ3n) is 2.45. The minimum absolute atomic E-state index is 0.494. The summed E-state index contributed by atoms with van der Waals surface area (Å²) < 4.78 is 11.4. The van der Waals surface area contributed by atoms with Crippen molar-refractivity contribution < 1.29 is 9.47 Å². The number of ether oxygens (including phenoxy) is 2. The SMILES string of the molecule is CC(C)COc1cccc(Oc2ccccc2Cl)c1. The highest BCUT2D eigenvalue weighted by Gasteiger charge is 2.04. The first-order valence-corrected chi connectivity index (χ1v) is 6.68.